The van der Waals surface area contributed by atoms with Crippen molar-refractivity contribution in [2.24, 2.45) is 0 Å². The molecule has 4 heterocycles. The molecule has 0 aliphatic rings. The Hall–Kier alpha value is -6.14. The van der Waals surface area contributed by atoms with E-state index in [-0.39, 0.29) is 0 Å². The molecule has 0 unspecified atom stereocenters. The van der Waals surface area contributed by atoms with Crippen LogP contribution in [0.2, 0.25) is 0 Å². The van der Waals surface area contributed by atoms with Gasteiger partial charge in [-0.05, 0) is 63.7 Å². The van der Waals surface area contributed by atoms with Crippen LogP contribution in [0.1, 0.15) is 0 Å². The van der Waals surface area contributed by atoms with Crippen LogP contribution in [0.5, 0.6) is 0 Å². The Labute approximate surface area is 300 Å². The Balaban J connectivity index is 0.961. The van der Waals surface area contributed by atoms with E-state index in [1.807, 2.05) is 22.7 Å². The van der Waals surface area contributed by atoms with Crippen LogP contribution in [0.4, 0.5) is 0 Å². The molecule has 0 atom stereocenters. The van der Waals surface area contributed by atoms with E-state index in [4.69, 9.17) is 14.4 Å². The van der Waals surface area contributed by atoms with Crippen LogP contribution in [-0.2, 0) is 0 Å². The lowest BCUT2D eigenvalue weighted by Gasteiger charge is -2.08. The number of benzene rings is 7. The second-order valence-electron chi connectivity index (χ2n) is 12.9. The average molecular weight is 687 g/mol. The summed E-state index contributed by atoms with van der Waals surface area (Å²) in [5.74, 6) is 0. The number of furan rings is 1. The van der Waals surface area contributed by atoms with Gasteiger partial charge in [-0.3, -0.25) is 0 Å². The molecule has 0 aliphatic carbocycles. The third-order valence-corrected chi connectivity index (χ3v) is 12.5. The van der Waals surface area contributed by atoms with Crippen molar-refractivity contribution < 1.29 is 4.42 Å². The number of thiophene rings is 2. The molecule has 238 valence electrons. The first-order chi connectivity index (χ1) is 25.3. The molecule has 0 fully saturated rings. The van der Waals surface area contributed by atoms with Crippen molar-refractivity contribution in [3.8, 4) is 44.6 Å². The lowest BCUT2D eigenvalue weighted by atomic mass is 9.97. The van der Waals surface area contributed by atoms with E-state index in [0.29, 0.717) is 5.58 Å². The largest absolute Gasteiger partial charge is 0.452 e. The minimum atomic E-state index is 0.705. The highest BCUT2D eigenvalue weighted by molar-refractivity contribution is 7.26. The molecule has 3 nitrogen and oxygen atoms in total. The first-order valence-electron chi connectivity index (χ1n) is 17.0. The van der Waals surface area contributed by atoms with Gasteiger partial charge in [0.2, 0.25) is 0 Å². The van der Waals surface area contributed by atoms with E-state index in [9.17, 15) is 0 Å². The van der Waals surface area contributed by atoms with Gasteiger partial charge in [0.25, 0.3) is 0 Å². The van der Waals surface area contributed by atoms with Gasteiger partial charge in [-0.1, -0.05) is 121 Å². The molecule has 5 heteroatoms. The second-order valence-corrected chi connectivity index (χ2v) is 15.0. The van der Waals surface area contributed by atoms with Crippen LogP contribution >= 0.6 is 22.7 Å². The minimum Gasteiger partial charge on any atom is -0.452 e. The normalized spacial score (nSPS) is 11.9. The second kappa shape index (κ2) is 11.2. The molecule has 0 radical (unpaired) electrons. The van der Waals surface area contributed by atoms with Gasteiger partial charge in [-0.25, -0.2) is 9.97 Å². The van der Waals surface area contributed by atoms with Crippen molar-refractivity contribution in [3.63, 3.8) is 0 Å². The van der Waals surface area contributed by atoms with Crippen LogP contribution in [0, 0.1) is 0 Å². The molecule has 0 saturated heterocycles. The van der Waals surface area contributed by atoms with Gasteiger partial charge in [-0.15, -0.1) is 22.7 Å². The van der Waals surface area contributed by atoms with Crippen molar-refractivity contribution >= 4 is 85.1 Å². The number of hydrogen-bond donors (Lipinski definition) is 0. The SMILES string of the molecule is c1cc(-c2ccc(-c3ncnc4c3oc3ccc(-c5cccc6c5sc5ccccc56)cc34)cc2)cc(-c2cccc3c2sc2ccccc23)c1. The number of nitrogens with zero attached hydrogens (tertiary/aromatic N) is 2. The maximum absolute atomic E-state index is 6.48. The summed E-state index contributed by atoms with van der Waals surface area (Å²) in [4.78, 5) is 9.44. The summed E-state index contributed by atoms with van der Waals surface area (Å²) in [7, 11) is 0. The van der Waals surface area contributed by atoms with E-state index in [1.165, 1.54) is 62.6 Å². The topological polar surface area (TPSA) is 38.9 Å². The Morgan fingerprint density at radius 3 is 1.69 bits per heavy atom. The maximum Gasteiger partial charge on any atom is 0.180 e. The molecular weight excluding hydrogens is 661 g/mol. The van der Waals surface area contributed by atoms with Crippen molar-refractivity contribution in [2.75, 3.05) is 0 Å². The summed E-state index contributed by atoms with van der Waals surface area (Å²) in [6.07, 6.45) is 1.65. The smallest absolute Gasteiger partial charge is 0.180 e. The van der Waals surface area contributed by atoms with Crippen molar-refractivity contribution in [1.29, 1.82) is 0 Å². The van der Waals surface area contributed by atoms with Gasteiger partial charge in [0.15, 0.2) is 5.58 Å². The highest BCUT2D eigenvalue weighted by atomic mass is 32.1. The Kier molecular flexibility index (Phi) is 6.29. The standard InChI is InChI=1S/C46H26N2OS2/c1-3-16-40-34(10-1)36-14-6-12-32(45(36)50-40)30-9-5-8-29(24-30)27-18-20-28(21-19-27)42-44-43(48-26-47-42)38-25-31(22-23-39(38)49-44)33-13-7-15-37-35-11-2-4-17-41(35)51-46(33)37/h1-26H. The van der Waals surface area contributed by atoms with E-state index in [1.54, 1.807) is 6.33 Å². The molecule has 0 amide bonds. The van der Waals surface area contributed by atoms with Gasteiger partial charge in [0.1, 0.15) is 23.1 Å². The Morgan fingerprint density at radius 1 is 0.412 bits per heavy atom. The van der Waals surface area contributed by atoms with Gasteiger partial charge in [0, 0.05) is 51.3 Å². The zero-order valence-corrected chi connectivity index (χ0v) is 28.8. The molecule has 0 spiro atoms. The highest BCUT2D eigenvalue weighted by Gasteiger charge is 2.18. The molecule has 51 heavy (non-hydrogen) atoms. The summed E-state index contributed by atoms with van der Waals surface area (Å²) in [6.45, 7) is 0. The van der Waals surface area contributed by atoms with Crippen LogP contribution in [0.3, 0.4) is 0 Å². The predicted octanol–water partition coefficient (Wildman–Crippen LogP) is 13.8. The molecule has 0 saturated carbocycles. The zero-order chi connectivity index (χ0) is 33.5. The van der Waals surface area contributed by atoms with Crippen molar-refractivity contribution in [3.05, 3.63) is 158 Å². The zero-order valence-electron chi connectivity index (χ0n) is 27.1. The Bertz CT molecular complexity index is 3150. The summed E-state index contributed by atoms with van der Waals surface area (Å²) < 4.78 is 11.7. The minimum absolute atomic E-state index is 0.705. The molecule has 0 N–H and O–H groups in total. The lowest BCUT2D eigenvalue weighted by molar-refractivity contribution is 0.667. The third kappa shape index (κ3) is 4.49. The fourth-order valence-corrected chi connectivity index (χ4v) is 10.1. The number of aromatic nitrogens is 2. The van der Waals surface area contributed by atoms with Crippen molar-refractivity contribution in [1.82, 2.24) is 9.97 Å². The van der Waals surface area contributed by atoms with E-state index < -0.39 is 0 Å². The molecule has 11 rings (SSSR count). The molecule has 0 bridgehead atoms. The van der Waals surface area contributed by atoms with Gasteiger partial charge in [0.05, 0.1) is 0 Å². The third-order valence-electron chi connectivity index (χ3n) is 10.0. The van der Waals surface area contributed by atoms with Gasteiger partial charge >= 0.3 is 0 Å². The predicted molar refractivity (Wildman–Crippen MR) is 217 cm³/mol. The lowest BCUT2D eigenvalue weighted by Crippen LogP contribution is -1.87. The fraction of sp³-hybridized carbons (Fsp3) is 0. The van der Waals surface area contributed by atoms with Gasteiger partial charge < -0.3 is 4.42 Å². The number of fused-ring (bicyclic) bond motifs is 9. The summed E-state index contributed by atoms with van der Waals surface area (Å²) in [6, 6.07) is 54.4. The molecule has 4 aromatic heterocycles. The molecule has 11 aromatic rings. The summed E-state index contributed by atoms with van der Waals surface area (Å²) >= 11 is 3.71. The summed E-state index contributed by atoms with van der Waals surface area (Å²) in [5.41, 5.74) is 11.3. The summed E-state index contributed by atoms with van der Waals surface area (Å²) in [5, 5.41) is 6.22. The van der Waals surface area contributed by atoms with Crippen LogP contribution in [0.25, 0.3) is 107 Å². The van der Waals surface area contributed by atoms with E-state index >= 15 is 0 Å². The van der Waals surface area contributed by atoms with E-state index in [2.05, 4.69) is 152 Å². The van der Waals surface area contributed by atoms with Crippen LogP contribution in [0.15, 0.2) is 162 Å². The number of hydrogen-bond acceptors (Lipinski definition) is 5. The molecule has 7 aromatic carbocycles. The first-order valence-corrected chi connectivity index (χ1v) is 18.6. The highest BCUT2D eigenvalue weighted by Crippen LogP contribution is 2.43. The van der Waals surface area contributed by atoms with Crippen LogP contribution < -0.4 is 0 Å². The Morgan fingerprint density at radius 2 is 0.980 bits per heavy atom. The van der Waals surface area contributed by atoms with E-state index in [0.717, 1.165) is 38.9 Å². The first kappa shape index (κ1) is 28.7. The van der Waals surface area contributed by atoms with Crippen molar-refractivity contribution in [2.45, 2.75) is 0 Å². The number of rotatable bonds is 4. The molecular formula is C46H26N2OS2. The maximum atomic E-state index is 6.48. The average Bonchev–Trinajstić information content (AvgIpc) is 3.89. The quantitative estimate of drug-likeness (QED) is 0.185. The monoisotopic (exact) mass is 686 g/mol. The molecule has 0 aliphatic heterocycles. The van der Waals surface area contributed by atoms with Gasteiger partial charge in [-0.2, -0.15) is 0 Å². The van der Waals surface area contributed by atoms with Crippen LogP contribution in [-0.4, -0.2) is 9.97 Å². The fourth-order valence-electron chi connectivity index (χ4n) is 7.59.